The lowest BCUT2D eigenvalue weighted by atomic mass is 10.2. The summed E-state index contributed by atoms with van der Waals surface area (Å²) in [7, 11) is 0. The highest BCUT2D eigenvalue weighted by atomic mass is 79.9. The molecule has 0 aliphatic carbocycles. The van der Waals surface area contributed by atoms with Crippen LogP contribution >= 0.6 is 27.3 Å². The number of nitrogen functional groups attached to an aromatic ring is 1. The van der Waals surface area contributed by atoms with Crippen LogP contribution in [0, 0.1) is 0 Å². The zero-order valence-electron chi connectivity index (χ0n) is 8.74. The number of nitrogens with two attached hydrogens (primary N) is 1. The summed E-state index contributed by atoms with van der Waals surface area (Å²) in [6.45, 7) is 2.61. The summed E-state index contributed by atoms with van der Waals surface area (Å²) >= 11 is 4.90. The fraction of sp³-hybridized carbons (Fsp3) is 0.182. The molecule has 0 saturated carbocycles. The number of halogens is 1. The van der Waals surface area contributed by atoms with Crippen LogP contribution in [0.25, 0.3) is 10.4 Å². The van der Waals surface area contributed by atoms with E-state index in [4.69, 9.17) is 10.5 Å². The Bertz CT molecular complexity index is 498. The molecular formula is C11H11BrN2OS. The van der Waals surface area contributed by atoms with Crippen molar-refractivity contribution >= 4 is 32.4 Å². The third kappa shape index (κ3) is 2.36. The maximum Gasteiger partial charge on any atom is 0.180 e. The zero-order valence-corrected chi connectivity index (χ0v) is 11.1. The average Bonchev–Trinajstić information content (AvgIpc) is 2.68. The number of hydrogen-bond donors (Lipinski definition) is 1. The molecule has 2 aromatic rings. The Morgan fingerprint density at radius 1 is 1.50 bits per heavy atom. The van der Waals surface area contributed by atoms with E-state index in [1.54, 1.807) is 6.20 Å². The summed E-state index contributed by atoms with van der Waals surface area (Å²) in [5, 5.41) is 0.567. The second-order valence-electron chi connectivity index (χ2n) is 3.14. The Kier molecular flexibility index (Phi) is 3.46. The molecule has 0 saturated heterocycles. The van der Waals surface area contributed by atoms with E-state index < -0.39 is 0 Å². The van der Waals surface area contributed by atoms with Gasteiger partial charge in [0.05, 0.1) is 11.5 Å². The molecule has 0 amide bonds. The molecule has 0 aliphatic heterocycles. The molecule has 0 fully saturated rings. The van der Waals surface area contributed by atoms with Gasteiger partial charge in [0.15, 0.2) is 5.13 Å². The minimum atomic E-state index is 0.567. The molecule has 0 unspecified atom stereocenters. The van der Waals surface area contributed by atoms with Crippen molar-refractivity contribution in [2.75, 3.05) is 12.3 Å². The average molecular weight is 299 g/mol. The first kappa shape index (κ1) is 11.4. The van der Waals surface area contributed by atoms with Gasteiger partial charge in [-0.1, -0.05) is 27.3 Å². The van der Waals surface area contributed by atoms with Gasteiger partial charge in [-0.25, -0.2) is 4.98 Å². The zero-order chi connectivity index (χ0) is 11.5. The highest BCUT2D eigenvalue weighted by Gasteiger charge is 2.09. The van der Waals surface area contributed by atoms with Crippen LogP contribution in [-0.4, -0.2) is 11.6 Å². The van der Waals surface area contributed by atoms with Gasteiger partial charge < -0.3 is 10.5 Å². The maximum absolute atomic E-state index is 5.63. The normalized spacial score (nSPS) is 10.4. The van der Waals surface area contributed by atoms with Crippen molar-refractivity contribution in [2.24, 2.45) is 0 Å². The van der Waals surface area contributed by atoms with Crippen molar-refractivity contribution in [1.29, 1.82) is 0 Å². The first-order chi connectivity index (χ1) is 7.70. The van der Waals surface area contributed by atoms with Crippen LogP contribution in [0.3, 0.4) is 0 Å². The van der Waals surface area contributed by atoms with Crippen LogP contribution in [-0.2, 0) is 0 Å². The molecule has 84 valence electrons. The lowest BCUT2D eigenvalue weighted by Gasteiger charge is -2.08. The SMILES string of the molecule is CCOc1ccc(Br)cc1-c1cnc(N)s1. The maximum atomic E-state index is 5.63. The molecule has 0 atom stereocenters. The number of hydrogen-bond acceptors (Lipinski definition) is 4. The van der Waals surface area contributed by atoms with Crippen LogP contribution in [0.4, 0.5) is 5.13 Å². The van der Waals surface area contributed by atoms with Gasteiger partial charge in [-0.2, -0.15) is 0 Å². The molecule has 0 bridgehead atoms. The second-order valence-corrected chi connectivity index (χ2v) is 5.11. The van der Waals surface area contributed by atoms with Crippen LogP contribution in [0.15, 0.2) is 28.9 Å². The van der Waals surface area contributed by atoms with Crippen molar-refractivity contribution in [3.8, 4) is 16.2 Å². The Morgan fingerprint density at radius 2 is 2.31 bits per heavy atom. The van der Waals surface area contributed by atoms with E-state index in [0.717, 1.165) is 20.7 Å². The van der Waals surface area contributed by atoms with Gasteiger partial charge in [0.1, 0.15) is 5.75 Å². The van der Waals surface area contributed by atoms with E-state index in [0.29, 0.717) is 11.7 Å². The number of nitrogens with zero attached hydrogens (tertiary/aromatic N) is 1. The molecule has 16 heavy (non-hydrogen) atoms. The van der Waals surface area contributed by atoms with Crippen LogP contribution < -0.4 is 10.5 Å². The van der Waals surface area contributed by atoms with Crippen LogP contribution in [0.1, 0.15) is 6.92 Å². The van der Waals surface area contributed by atoms with Gasteiger partial charge in [0, 0.05) is 16.2 Å². The Balaban J connectivity index is 2.48. The van der Waals surface area contributed by atoms with Gasteiger partial charge in [0.2, 0.25) is 0 Å². The number of benzene rings is 1. The molecule has 5 heteroatoms. The quantitative estimate of drug-likeness (QED) is 0.942. The Morgan fingerprint density at radius 3 is 2.94 bits per heavy atom. The summed E-state index contributed by atoms with van der Waals surface area (Å²) in [4.78, 5) is 5.07. The molecule has 2 N–H and O–H groups in total. The van der Waals surface area contributed by atoms with Crippen LogP contribution in [0.2, 0.25) is 0 Å². The number of aromatic nitrogens is 1. The summed E-state index contributed by atoms with van der Waals surface area (Å²) in [5.41, 5.74) is 6.65. The lowest BCUT2D eigenvalue weighted by Crippen LogP contribution is -1.93. The van der Waals surface area contributed by atoms with Gasteiger partial charge in [-0.3, -0.25) is 0 Å². The van der Waals surface area contributed by atoms with E-state index in [1.165, 1.54) is 11.3 Å². The van der Waals surface area contributed by atoms with E-state index in [2.05, 4.69) is 20.9 Å². The highest BCUT2D eigenvalue weighted by molar-refractivity contribution is 9.10. The van der Waals surface area contributed by atoms with Crippen molar-refractivity contribution in [3.05, 3.63) is 28.9 Å². The third-order valence-corrected chi connectivity index (χ3v) is 3.38. The van der Waals surface area contributed by atoms with Crippen molar-refractivity contribution in [3.63, 3.8) is 0 Å². The minimum absolute atomic E-state index is 0.567. The minimum Gasteiger partial charge on any atom is -0.493 e. The summed E-state index contributed by atoms with van der Waals surface area (Å²) in [5.74, 6) is 0.856. The predicted octanol–water partition coefficient (Wildman–Crippen LogP) is 3.55. The van der Waals surface area contributed by atoms with E-state index in [-0.39, 0.29) is 0 Å². The number of rotatable bonds is 3. The highest BCUT2D eigenvalue weighted by Crippen LogP contribution is 2.36. The molecule has 3 nitrogen and oxygen atoms in total. The van der Waals surface area contributed by atoms with E-state index in [9.17, 15) is 0 Å². The van der Waals surface area contributed by atoms with Crippen LogP contribution in [0.5, 0.6) is 5.75 Å². The number of thiazole rings is 1. The standard InChI is InChI=1S/C11H11BrN2OS/c1-2-15-9-4-3-7(12)5-8(9)10-6-14-11(13)16-10/h3-6H,2H2,1H3,(H2,13,14). The van der Waals surface area contributed by atoms with E-state index in [1.807, 2.05) is 25.1 Å². The van der Waals surface area contributed by atoms with Crippen molar-refractivity contribution in [1.82, 2.24) is 4.98 Å². The first-order valence-electron chi connectivity index (χ1n) is 4.84. The molecule has 2 rings (SSSR count). The smallest absolute Gasteiger partial charge is 0.180 e. The monoisotopic (exact) mass is 298 g/mol. The van der Waals surface area contributed by atoms with Gasteiger partial charge in [0.25, 0.3) is 0 Å². The molecule has 0 spiro atoms. The Labute approximate surface area is 106 Å². The topological polar surface area (TPSA) is 48.1 Å². The lowest BCUT2D eigenvalue weighted by molar-refractivity contribution is 0.341. The number of anilines is 1. The molecule has 0 radical (unpaired) electrons. The van der Waals surface area contributed by atoms with Gasteiger partial charge in [-0.05, 0) is 25.1 Å². The molecule has 1 heterocycles. The summed E-state index contributed by atoms with van der Waals surface area (Å²) in [6, 6.07) is 5.91. The molecule has 1 aromatic heterocycles. The molecular weight excluding hydrogens is 288 g/mol. The molecule has 1 aromatic carbocycles. The van der Waals surface area contributed by atoms with Gasteiger partial charge >= 0.3 is 0 Å². The summed E-state index contributed by atoms with van der Waals surface area (Å²) in [6.07, 6.45) is 1.77. The fourth-order valence-corrected chi connectivity index (χ4v) is 2.45. The van der Waals surface area contributed by atoms with Crippen molar-refractivity contribution < 1.29 is 4.74 Å². The number of ether oxygens (including phenoxy) is 1. The predicted molar refractivity (Wildman–Crippen MR) is 70.8 cm³/mol. The van der Waals surface area contributed by atoms with E-state index >= 15 is 0 Å². The summed E-state index contributed by atoms with van der Waals surface area (Å²) < 4.78 is 6.58. The Hall–Kier alpha value is -1.07. The third-order valence-electron chi connectivity index (χ3n) is 2.03. The van der Waals surface area contributed by atoms with Crippen molar-refractivity contribution in [2.45, 2.75) is 6.92 Å². The fourth-order valence-electron chi connectivity index (χ4n) is 1.39. The first-order valence-corrected chi connectivity index (χ1v) is 6.45. The van der Waals surface area contributed by atoms with Gasteiger partial charge in [-0.15, -0.1) is 0 Å². The largest absolute Gasteiger partial charge is 0.493 e. The molecule has 0 aliphatic rings. The second kappa shape index (κ2) is 4.84.